The molecule has 9 rings (SSSR count). The van der Waals surface area contributed by atoms with E-state index in [4.69, 9.17) is 56.8 Å². The smallest absolute Gasteiger partial charge is 0.335 e. The Morgan fingerprint density at radius 1 is 0.423 bits per heavy atom. The molecule has 0 aromatic heterocycles. The van der Waals surface area contributed by atoms with Crippen molar-refractivity contribution < 1.29 is 183 Å². The minimum Gasteiger partial charge on any atom is -0.481 e. The van der Waals surface area contributed by atoms with Crippen molar-refractivity contribution in [3.05, 3.63) is 24.3 Å². The molecule has 4 aliphatic carbocycles. The Labute approximate surface area is 552 Å². The van der Waals surface area contributed by atoms with Crippen LogP contribution in [0.5, 0.6) is 0 Å². The van der Waals surface area contributed by atoms with Crippen molar-refractivity contribution in [1.29, 1.82) is 0 Å². The first-order valence-electron chi connectivity index (χ1n) is 32.3. The Kier molecular flexibility index (Phi) is 26.7. The summed E-state index contributed by atoms with van der Waals surface area (Å²) < 4.78 is 70.9. The fraction of sp³-hybridized carbons (Fsp3) is 0.850. The molecule has 5 saturated heterocycles. The summed E-state index contributed by atoms with van der Waals surface area (Å²) in [4.78, 5) is 62.3. The fourth-order valence-electron chi connectivity index (χ4n) is 14.1. The van der Waals surface area contributed by atoms with E-state index in [0.29, 0.717) is 12.8 Å². The van der Waals surface area contributed by atoms with Crippen LogP contribution in [0, 0.1) is 23.7 Å². The molecule has 0 amide bonds. The molecule has 97 heavy (non-hydrogen) atoms. The molecule has 552 valence electrons. The minimum atomic E-state index is -2.28. The first kappa shape index (κ1) is 76.9. The Bertz CT molecular complexity index is 2670. The SMILES string of the molecule is O=C(O)CC(=O)OCC1OC(OC2CC3C(O)CC(OC4OC(COC(=O)C=CC5CCC(O)C(O)C5)C(O)C(O)C4O)CC3OC2C2CC(O)C(O)C(OC3OC(C(=O)O)C(O)C(O)C3O)C2)C(OC2OC(CO)C(O)C(O)C2OC(=O)C=CC2CCC(O)C(O)C2)C(O)C1O. The second-order valence-electron chi connectivity index (χ2n) is 26.5. The van der Waals surface area contributed by atoms with Crippen molar-refractivity contribution in [3.8, 4) is 0 Å². The van der Waals surface area contributed by atoms with Crippen molar-refractivity contribution >= 4 is 29.8 Å². The largest absolute Gasteiger partial charge is 0.481 e. The van der Waals surface area contributed by atoms with Gasteiger partial charge in [-0.1, -0.05) is 12.2 Å². The highest BCUT2D eigenvalue weighted by atomic mass is 16.8. The number of esters is 3. The van der Waals surface area contributed by atoms with Crippen LogP contribution in [-0.4, -0.2) is 348 Å². The van der Waals surface area contributed by atoms with Gasteiger partial charge in [-0.2, -0.15) is 0 Å². The Morgan fingerprint density at radius 2 is 0.959 bits per heavy atom. The minimum absolute atomic E-state index is 0.0579. The third kappa shape index (κ3) is 18.5. The van der Waals surface area contributed by atoms with E-state index in [2.05, 4.69) is 0 Å². The first-order valence-corrected chi connectivity index (χ1v) is 32.3. The van der Waals surface area contributed by atoms with Gasteiger partial charge in [0.15, 0.2) is 37.4 Å². The van der Waals surface area contributed by atoms with Crippen molar-refractivity contribution in [3.63, 3.8) is 0 Å². The van der Waals surface area contributed by atoms with Crippen LogP contribution in [-0.2, 0) is 80.8 Å². The van der Waals surface area contributed by atoms with E-state index in [1.807, 2.05) is 0 Å². The molecule has 0 radical (unpaired) electrons. The average molecular weight is 1400 g/mol. The average Bonchev–Trinajstić information content (AvgIpc) is 0.766. The zero-order valence-electron chi connectivity index (χ0n) is 52.1. The van der Waals surface area contributed by atoms with E-state index in [-0.39, 0.29) is 50.9 Å². The van der Waals surface area contributed by atoms with Gasteiger partial charge in [-0.25, -0.2) is 14.4 Å². The number of aliphatic carboxylic acids is 2. The van der Waals surface area contributed by atoms with Gasteiger partial charge in [-0.05, 0) is 75.5 Å². The summed E-state index contributed by atoms with van der Waals surface area (Å²) in [6.45, 7) is -2.68. The van der Waals surface area contributed by atoms with Crippen LogP contribution in [0.15, 0.2) is 24.3 Å². The van der Waals surface area contributed by atoms with Crippen molar-refractivity contribution in [2.75, 3.05) is 19.8 Å². The molecule has 5 heterocycles. The summed E-state index contributed by atoms with van der Waals surface area (Å²) in [6.07, 6.45) is -53.0. The van der Waals surface area contributed by atoms with Crippen LogP contribution >= 0.6 is 0 Å². The monoisotopic (exact) mass is 1400 g/mol. The van der Waals surface area contributed by atoms with E-state index < -0.39 is 283 Å². The van der Waals surface area contributed by atoms with E-state index in [0.717, 1.165) is 12.2 Å². The quantitative estimate of drug-likeness (QED) is 0.0207. The molecule has 5 aliphatic heterocycles. The number of hydrogen-bond acceptors (Lipinski definition) is 35. The summed E-state index contributed by atoms with van der Waals surface area (Å²) in [5.41, 5.74) is 0. The summed E-state index contributed by atoms with van der Waals surface area (Å²) in [6, 6.07) is 0. The van der Waals surface area contributed by atoms with E-state index >= 15 is 0 Å². The highest BCUT2D eigenvalue weighted by Gasteiger charge is 2.58. The lowest BCUT2D eigenvalue weighted by Gasteiger charge is -2.53. The van der Waals surface area contributed by atoms with Gasteiger partial charge in [0, 0.05) is 30.9 Å². The van der Waals surface area contributed by atoms with Gasteiger partial charge in [0.2, 0.25) is 0 Å². The lowest BCUT2D eigenvalue weighted by Crippen LogP contribution is -2.66. The number of aliphatic hydroxyl groups is 18. The summed E-state index contributed by atoms with van der Waals surface area (Å²) in [7, 11) is 0. The van der Waals surface area contributed by atoms with E-state index in [9.17, 15) is 126 Å². The molecule has 20 N–H and O–H groups in total. The van der Waals surface area contributed by atoms with Gasteiger partial charge in [-0.3, -0.25) is 9.59 Å². The number of carboxylic acid groups (broad SMARTS) is 2. The molecule has 36 unspecified atom stereocenters. The van der Waals surface area contributed by atoms with Crippen LogP contribution in [0.4, 0.5) is 0 Å². The van der Waals surface area contributed by atoms with Crippen LogP contribution in [0.3, 0.4) is 0 Å². The predicted octanol–water partition coefficient (Wildman–Crippen LogP) is -9.20. The fourth-order valence-corrected chi connectivity index (χ4v) is 14.1. The highest BCUT2D eigenvalue weighted by Crippen LogP contribution is 2.46. The Morgan fingerprint density at radius 3 is 1.57 bits per heavy atom. The molecule has 9 fully saturated rings. The number of carboxylic acids is 2. The molecule has 37 nitrogen and oxygen atoms in total. The molecule has 0 aromatic rings. The second kappa shape index (κ2) is 33.7. The first-order chi connectivity index (χ1) is 45.9. The molecule has 36 atom stereocenters. The standard InChI is InChI=1S/C60H90O37/c61-17-34-42(74)47(79)54(95-39(71)8-4-21-2-6-26(63)29(66)10-21)60(92-34)97-55-48(80)44(76)36(19-87-40(72)16-37(68)69)94-59(55)91-33-15-24-27(64)13-23(88-57-50(82)45(77)43(75)35(93-57)18-86-38(70)7-3-20-1-5-25(62)28(65)9-20)14-31(24)89-52(33)22-11-30(67)41(73)32(12-22)90-58-51(83)46(78)49(81)53(96-58)56(84)85/h3-4,7-8,20-36,41-55,57-67,73-83H,1-2,5-6,9-19H2,(H,68,69)(H,84,85). The van der Waals surface area contributed by atoms with Crippen molar-refractivity contribution in [1.82, 2.24) is 0 Å². The number of allylic oxidation sites excluding steroid dienone is 2. The lowest BCUT2D eigenvalue weighted by molar-refractivity contribution is -0.380. The summed E-state index contributed by atoms with van der Waals surface area (Å²) in [5.74, 6) is -9.71. The maximum absolute atomic E-state index is 13.5. The number of carbonyl (C=O) groups is 5. The van der Waals surface area contributed by atoms with Gasteiger partial charge < -0.3 is 159 Å². The van der Waals surface area contributed by atoms with Crippen LogP contribution in [0.1, 0.15) is 77.0 Å². The van der Waals surface area contributed by atoms with E-state index in [1.165, 1.54) is 12.2 Å². The summed E-state index contributed by atoms with van der Waals surface area (Å²) in [5, 5.41) is 216. The van der Waals surface area contributed by atoms with Crippen molar-refractivity contribution in [2.24, 2.45) is 23.7 Å². The molecule has 4 saturated carbocycles. The molecular weight excluding hydrogens is 1310 g/mol. The molecule has 0 spiro atoms. The van der Waals surface area contributed by atoms with Gasteiger partial charge in [-0.15, -0.1) is 0 Å². The second-order valence-corrected chi connectivity index (χ2v) is 26.5. The molecule has 9 aliphatic rings. The normalized spacial score (nSPS) is 47.6. The number of hydrogen-bond donors (Lipinski definition) is 20. The van der Waals surface area contributed by atoms with Gasteiger partial charge in [0.1, 0.15) is 111 Å². The molecule has 0 aromatic carbocycles. The van der Waals surface area contributed by atoms with E-state index in [1.54, 1.807) is 0 Å². The Hall–Kier alpha value is -4.25. The topological polar surface area (TPSA) is 601 Å². The van der Waals surface area contributed by atoms with Gasteiger partial charge >= 0.3 is 29.8 Å². The number of rotatable bonds is 22. The summed E-state index contributed by atoms with van der Waals surface area (Å²) >= 11 is 0. The number of carbonyl (C=O) groups excluding carboxylic acids is 3. The lowest BCUT2D eigenvalue weighted by atomic mass is 9.72. The maximum atomic E-state index is 13.5. The maximum Gasteiger partial charge on any atom is 0.335 e. The zero-order valence-corrected chi connectivity index (χ0v) is 52.1. The number of fused-ring (bicyclic) bond motifs is 1. The van der Waals surface area contributed by atoms with Crippen LogP contribution < -0.4 is 0 Å². The third-order valence-electron chi connectivity index (χ3n) is 19.7. The highest BCUT2D eigenvalue weighted by molar-refractivity contribution is 5.90. The molecule has 37 heteroatoms. The Balaban J connectivity index is 0.995. The van der Waals surface area contributed by atoms with Crippen LogP contribution in [0.2, 0.25) is 0 Å². The third-order valence-corrected chi connectivity index (χ3v) is 19.7. The number of ether oxygens (including phenoxy) is 12. The number of aliphatic hydroxyl groups excluding tert-OH is 18. The van der Waals surface area contributed by atoms with Gasteiger partial charge in [0.25, 0.3) is 0 Å². The zero-order chi connectivity index (χ0) is 70.6. The molecule has 0 bridgehead atoms. The molecular formula is C60H90O37. The predicted molar refractivity (Wildman–Crippen MR) is 307 cm³/mol. The van der Waals surface area contributed by atoms with Crippen molar-refractivity contribution in [2.45, 2.75) is 273 Å². The van der Waals surface area contributed by atoms with Gasteiger partial charge in [0.05, 0.1) is 73.8 Å². The van der Waals surface area contributed by atoms with Crippen LogP contribution in [0.25, 0.3) is 0 Å².